The predicted molar refractivity (Wildman–Crippen MR) is 71.7 cm³/mol. The Labute approximate surface area is 112 Å². The third kappa shape index (κ3) is 2.00. The molecule has 0 spiro atoms. The van der Waals surface area contributed by atoms with Crippen LogP contribution < -0.4 is 5.73 Å². The largest absolute Gasteiger partial charge is 0.368 e. The maximum absolute atomic E-state index is 6.12. The van der Waals surface area contributed by atoms with Crippen LogP contribution >= 0.6 is 23.4 Å². The highest BCUT2D eigenvalue weighted by Crippen LogP contribution is 2.34. The quantitative estimate of drug-likeness (QED) is 0.704. The van der Waals surface area contributed by atoms with Gasteiger partial charge in [-0.15, -0.1) is 0 Å². The maximum Gasteiger partial charge on any atom is 0.223 e. The van der Waals surface area contributed by atoms with E-state index in [1.54, 1.807) is 6.33 Å². The summed E-state index contributed by atoms with van der Waals surface area (Å²) in [7, 11) is 0. The molecule has 1 aromatic carbocycles. The summed E-state index contributed by atoms with van der Waals surface area (Å²) in [4.78, 5) is 16.2. The Morgan fingerprint density at radius 2 is 2.06 bits per heavy atom. The van der Waals surface area contributed by atoms with Gasteiger partial charge in [-0.25, -0.2) is 9.97 Å². The molecule has 3 aromatic rings. The standard InChI is InChI=1S/C11H8ClN5S/c12-6-3-1-2-4-7(6)18-10-8-9(15-5-14-8)16-11(13)17-10/h1-5H,(H3,13,14,15,16,17). The molecule has 7 heteroatoms. The van der Waals surface area contributed by atoms with E-state index in [1.165, 1.54) is 11.8 Å². The van der Waals surface area contributed by atoms with E-state index in [4.69, 9.17) is 17.3 Å². The molecule has 0 atom stereocenters. The lowest BCUT2D eigenvalue weighted by molar-refractivity contribution is 1.10. The molecule has 90 valence electrons. The van der Waals surface area contributed by atoms with E-state index < -0.39 is 0 Å². The van der Waals surface area contributed by atoms with Crippen LogP contribution in [0.25, 0.3) is 11.2 Å². The van der Waals surface area contributed by atoms with Crippen molar-refractivity contribution in [3.05, 3.63) is 35.6 Å². The normalized spacial score (nSPS) is 10.9. The van der Waals surface area contributed by atoms with Crippen molar-refractivity contribution in [1.29, 1.82) is 0 Å². The van der Waals surface area contributed by atoms with Gasteiger partial charge in [-0.3, -0.25) is 0 Å². The number of imidazole rings is 1. The van der Waals surface area contributed by atoms with Gasteiger partial charge >= 0.3 is 0 Å². The van der Waals surface area contributed by atoms with Crippen LogP contribution in [0, 0.1) is 0 Å². The number of nitrogen functional groups attached to an aromatic ring is 1. The molecule has 0 unspecified atom stereocenters. The van der Waals surface area contributed by atoms with Gasteiger partial charge in [-0.05, 0) is 12.1 Å². The van der Waals surface area contributed by atoms with Crippen molar-refractivity contribution in [2.24, 2.45) is 0 Å². The second-order valence-corrected chi connectivity index (χ2v) is 4.96. The van der Waals surface area contributed by atoms with Crippen LogP contribution in [0.2, 0.25) is 5.02 Å². The van der Waals surface area contributed by atoms with Crippen molar-refractivity contribution in [3.8, 4) is 0 Å². The molecule has 0 bridgehead atoms. The Kier molecular flexibility index (Phi) is 2.81. The number of fused-ring (bicyclic) bond motifs is 1. The van der Waals surface area contributed by atoms with Gasteiger partial charge in [-0.1, -0.05) is 35.5 Å². The van der Waals surface area contributed by atoms with Crippen LogP contribution in [0.5, 0.6) is 0 Å². The summed E-state index contributed by atoms with van der Waals surface area (Å²) in [6.07, 6.45) is 1.56. The first kappa shape index (κ1) is 11.3. The summed E-state index contributed by atoms with van der Waals surface area (Å²) in [5.74, 6) is 0.198. The summed E-state index contributed by atoms with van der Waals surface area (Å²) >= 11 is 7.55. The smallest absolute Gasteiger partial charge is 0.223 e. The van der Waals surface area contributed by atoms with E-state index in [9.17, 15) is 0 Å². The van der Waals surface area contributed by atoms with Crippen molar-refractivity contribution >= 4 is 40.5 Å². The monoisotopic (exact) mass is 277 g/mol. The molecule has 2 aromatic heterocycles. The number of nitrogens with zero attached hydrogens (tertiary/aromatic N) is 3. The van der Waals surface area contributed by atoms with Crippen molar-refractivity contribution in [1.82, 2.24) is 19.9 Å². The number of nitrogens with one attached hydrogen (secondary N) is 1. The third-order valence-corrected chi connectivity index (χ3v) is 3.82. The number of hydrogen-bond acceptors (Lipinski definition) is 5. The number of aromatic amines is 1. The summed E-state index contributed by atoms with van der Waals surface area (Å²) in [5.41, 5.74) is 6.96. The van der Waals surface area contributed by atoms with Crippen LogP contribution in [0.15, 0.2) is 40.5 Å². The lowest BCUT2D eigenvalue weighted by Crippen LogP contribution is -1.96. The van der Waals surface area contributed by atoms with Crippen LogP contribution in [0.1, 0.15) is 0 Å². The molecule has 0 aliphatic carbocycles. The molecule has 0 saturated carbocycles. The van der Waals surface area contributed by atoms with Crippen molar-refractivity contribution in [2.45, 2.75) is 9.92 Å². The van der Waals surface area contributed by atoms with Crippen molar-refractivity contribution < 1.29 is 0 Å². The Morgan fingerprint density at radius 1 is 1.22 bits per heavy atom. The lowest BCUT2D eigenvalue weighted by atomic mass is 10.4. The number of benzene rings is 1. The number of anilines is 1. The number of H-pyrrole nitrogens is 1. The summed E-state index contributed by atoms with van der Waals surface area (Å²) in [6, 6.07) is 7.56. The fourth-order valence-corrected chi connectivity index (χ4v) is 2.69. The number of nitrogens with two attached hydrogens (primary N) is 1. The molecule has 0 aliphatic heterocycles. The molecule has 0 amide bonds. The highest BCUT2D eigenvalue weighted by Gasteiger charge is 2.11. The first-order valence-corrected chi connectivity index (χ1v) is 6.32. The van der Waals surface area contributed by atoms with Gasteiger partial charge in [-0.2, -0.15) is 4.98 Å². The zero-order valence-electron chi connectivity index (χ0n) is 9.09. The van der Waals surface area contributed by atoms with E-state index >= 15 is 0 Å². The summed E-state index contributed by atoms with van der Waals surface area (Å²) in [6.45, 7) is 0. The van der Waals surface area contributed by atoms with Gasteiger partial charge < -0.3 is 10.7 Å². The second kappa shape index (κ2) is 4.47. The number of halogens is 1. The molecule has 0 aliphatic rings. The van der Waals surface area contributed by atoms with E-state index in [1.807, 2.05) is 24.3 Å². The SMILES string of the molecule is Nc1nc(Sc2ccccc2Cl)c2[nH]cnc2n1. The van der Waals surface area contributed by atoms with Crippen LogP contribution in [0.3, 0.4) is 0 Å². The molecule has 3 N–H and O–H groups in total. The fourth-order valence-electron chi connectivity index (χ4n) is 1.53. The summed E-state index contributed by atoms with van der Waals surface area (Å²) in [5, 5.41) is 1.38. The molecule has 2 heterocycles. The van der Waals surface area contributed by atoms with Gasteiger partial charge in [0.15, 0.2) is 5.65 Å². The first-order chi connectivity index (χ1) is 8.74. The van der Waals surface area contributed by atoms with Gasteiger partial charge in [0.2, 0.25) is 5.95 Å². The molecule has 0 radical (unpaired) electrons. The van der Waals surface area contributed by atoms with Gasteiger partial charge in [0.1, 0.15) is 10.5 Å². The van der Waals surface area contributed by atoms with Crippen molar-refractivity contribution in [3.63, 3.8) is 0 Å². The average Bonchev–Trinajstić information content (AvgIpc) is 2.80. The zero-order chi connectivity index (χ0) is 12.5. The third-order valence-electron chi connectivity index (χ3n) is 2.31. The van der Waals surface area contributed by atoms with E-state index in [0.29, 0.717) is 15.7 Å². The van der Waals surface area contributed by atoms with Crippen LogP contribution in [-0.4, -0.2) is 19.9 Å². The fraction of sp³-hybridized carbons (Fsp3) is 0. The van der Waals surface area contributed by atoms with E-state index in [-0.39, 0.29) is 5.95 Å². The van der Waals surface area contributed by atoms with E-state index in [0.717, 1.165) is 10.4 Å². The average molecular weight is 278 g/mol. The molecule has 3 rings (SSSR count). The second-order valence-electron chi connectivity index (χ2n) is 3.52. The van der Waals surface area contributed by atoms with Gasteiger partial charge in [0, 0.05) is 4.90 Å². The zero-order valence-corrected chi connectivity index (χ0v) is 10.7. The predicted octanol–water partition coefficient (Wildman–Crippen LogP) is 2.74. The molecule has 0 fully saturated rings. The minimum absolute atomic E-state index is 0.198. The Morgan fingerprint density at radius 3 is 2.89 bits per heavy atom. The maximum atomic E-state index is 6.12. The highest BCUT2D eigenvalue weighted by atomic mass is 35.5. The lowest BCUT2D eigenvalue weighted by Gasteiger charge is -2.04. The van der Waals surface area contributed by atoms with Crippen molar-refractivity contribution in [2.75, 3.05) is 5.73 Å². The molecule has 18 heavy (non-hydrogen) atoms. The Bertz CT molecular complexity index is 711. The topological polar surface area (TPSA) is 80.5 Å². The summed E-state index contributed by atoms with van der Waals surface area (Å²) < 4.78 is 0. The molecule has 5 nitrogen and oxygen atoms in total. The molecular formula is C11H8ClN5S. The first-order valence-electron chi connectivity index (χ1n) is 5.13. The molecule has 0 saturated heterocycles. The van der Waals surface area contributed by atoms with Crippen LogP contribution in [0.4, 0.5) is 5.95 Å². The Balaban J connectivity index is 2.10. The van der Waals surface area contributed by atoms with Crippen LogP contribution in [-0.2, 0) is 0 Å². The number of aromatic nitrogens is 4. The minimum Gasteiger partial charge on any atom is -0.368 e. The number of rotatable bonds is 2. The van der Waals surface area contributed by atoms with Gasteiger partial charge in [0.25, 0.3) is 0 Å². The Hall–Kier alpha value is -1.79. The number of hydrogen-bond donors (Lipinski definition) is 2. The van der Waals surface area contributed by atoms with Gasteiger partial charge in [0.05, 0.1) is 11.3 Å². The minimum atomic E-state index is 0.198. The van der Waals surface area contributed by atoms with E-state index in [2.05, 4.69) is 19.9 Å². The highest BCUT2D eigenvalue weighted by molar-refractivity contribution is 7.99. The molecular weight excluding hydrogens is 270 g/mol.